The van der Waals surface area contributed by atoms with E-state index < -0.39 is 0 Å². The first-order valence-electron chi connectivity index (χ1n) is 7.71. The van der Waals surface area contributed by atoms with Crippen molar-refractivity contribution in [2.75, 3.05) is 12.0 Å². The highest BCUT2D eigenvalue weighted by Gasteiger charge is 2.09. The van der Waals surface area contributed by atoms with Gasteiger partial charge in [-0.2, -0.15) is 0 Å². The molecule has 0 fully saturated rings. The number of hydrogen-bond donors (Lipinski definition) is 2. The molecule has 0 saturated heterocycles. The number of benzene rings is 1. The summed E-state index contributed by atoms with van der Waals surface area (Å²) in [7, 11) is 0. The molecule has 1 aromatic heterocycles. The first-order chi connectivity index (χ1) is 10.2. The predicted octanol–water partition coefficient (Wildman–Crippen LogP) is 3.51. The molecule has 0 radical (unpaired) electrons. The molecule has 5 heteroatoms. The van der Waals surface area contributed by atoms with Crippen LogP contribution in [0.15, 0.2) is 30.6 Å². The lowest BCUT2D eigenvalue weighted by molar-refractivity contribution is 0.247. The van der Waals surface area contributed by atoms with E-state index in [0.717, 1.165) is 24.0 Å². The third-order valence-corrected chi connectivity index (χ3v) is 3.77. The fourth-order valence-corrected chi connectivity index (χ4v) is 2.38. The van der Waals surface area contributed by atoms with Crippen LogP contribution in [0.2, 0.25) is 0 Å². The van der Waals surface area contributed by atoms with E-state index in [1.54, 1.807) is 11.0 Å². The third kappa shape index (κ3) is 4.21. The summed E-state index contributed by atoms with van der Waals surface area (Å²) in [6, 6.07) is 7.52. The molecule has 0 aliphatic carbocycles. The number of unbranched alkanes of at least 4 members (excludes halogenated alkanes) is 1. The highest BCUT2D eigenvalue weighted by Crippen LogP contribution is 2.12. The number of nitrogens with zero attached hydrogens (tertiary/aromatic N) is 2. The predicted molar refractivity (Wildman–Crippen MR) is 85.8 cm³/mol. The van der Waals surface area contributed by atoms with Crippen molar-refractivity contribution in [3.8, 4) is 0 Å². The Balaban J connectivity index is 1.87. The molecular weight excluding hydrogens is 264 g/mol. The van der Waals surface area contributed by atoms with Gasteiger partial charge in [-0.25, -0.2) is 19.9 Å². The molecule has 2 N–H and O–H groups in total. The molecule has 1 heterocycles. The summed E-state index contributed by atoms with van der Waals surface area (Å²) in [6.07, 6.45) is 6.30. The van der Waals surface area contributed by atoms with Crippen LogP contribution in [0.4, 0.5) is 4.79 Å². The summed E-state index contributed by atoms with van der Waals surface area (Å²) >= 11 is 0. The minimum atomic E-state index is -0.187. The van der Waals surface area contributed by atoms with Gasteiger partial charge in [0.25, 0.3) is 0 Å². The Morgan fingerprint density at radius 2 is 2.14 bits per heavy atom. The maximum absolute atomic E-state index is 12.0. The number of urea groups is 1. The van der Waals surface area contributed by atoms with Gasteiger partial charge in [0.1, 0.15) is 6.33 Å². The van der Waals surface area contributed by atoms with Crippen LogP contribution in [0.1, 0.15) is 39.5 Å². The van der Waals surface area contributed by atoms with Gasteiger partial charge in [0.2, 0.25) is 0 Å². The molecule has 1 aromatic carbocycles. The van der Waals surface area contributed by atoms with Crippen LogP contribution in [0.25, 0.3) is 11.0 Å². The van der Waals surface area contributed by atoms with Crippen LogP contribution in [0.5, 0.6) is 0 Å². The molecule has 0 spiro atoms. The third-order valence-electron chi connectivity index (χ3n) is 3.77. The maximum atomic E-state index is 12.0. The van der Waals surface area contributed by atoms with Gasteiger partial charge in [-0.15, -0.1) is 0 Å². The summed E-state index contributed by atoms with van der Waals surface area (Å²) in [6.45, 7) is 5.08. The minimum absolute atomic E-state index is 0.187. The molecule has 0 bridgehead atoms. The second-order valence-corrected chi connectivity index (χ2v) is 5.34. The second kappa shape index (κ2) is 7.67. The molecule has 1 atom stereocenters. The van der Waals surface area contributed by atoms with Crippen molar-refractivity contribution in [2.24, 2.45) is 5.92 Å². The number of hydrogen-bond acceptors (Lipinski definition) is 2. The Morgan fingerprint density at radius 1 is 1.33 bits per heavy atom. The molecule has 0 aliphatic rings. The number of carbonyl (C=O) groups is 1. The Labute approximate surface area is 125 Å². The summed E-state index contributed by atoms with van der Waals surface area (Å²) in [5, 5.41) is 2.95. The van der Waals surface area contributed by atoms with E-state index in [2.05, 4.69) is 29.6 Å². The normalized spacial score (nSPS) is 12.3. The van der Waals surface area contributed by atoms with E-state index in [4.69, 9.17) is 0 Å². The highest BCUT2D eigenvalue weighted by atomic mass is 16.2. The van der Waals surface area contributed by atoms with Gasteiger partial charge in [0.05, 0.1) is 11.0 Å². The number of fused-ring (bicyclic) bond motifs is 1. The van der Waals surface area contributed by atoms with Crippen LogP contribution in [0, 0.1) is 5.92 Å². The largest absolute Gasteiger partial charge is 0.336 e. The van der Waals surface area contributed by atoms with Crippen LogP contribution >= 0.6 is 0 Å². The topological polar surface area (TPSA) is 59.0 Å². The Bertz CT molecular complexity index is 578. The Hall–Kier alpha value is -2.04. The lowest BCUT2D eigenvalue weighted by Gasteiger charge is -2.16. The van der Waals surface area contributed by atoms with Crippen molar-refractivity contribution in [3.63, 3.8) is 0 Å². The summed E-state index contributed by atoms with van der Waals surface area (Å²) in [5.74, 6) is 0.551. The molecular formula is C16H24N4O. The number of amides is 2. The Morgan fingerprint density at radius 3 is 2.90 bits per heavy atom. The standard InChI is InChI=1S/C16H24N4O/c1-3-5-8-13(4-2)11-17-16(21)19-20-12-18-14-9-6-7-10-15(14)20/h6-7,9-10,12-13H,3-5,8,11H2,1-2H3,(H2,17,19,21). The zero-order valence-corrected chi connectivity index (χ0v) is 12.8. The van der Waals surface area contributed by atoms with Gasteiger partial charge < -0.3 is 5.32 Å². The monoisotopic (exact) mass is 288 g/mol. The fraction of sp³-hybridized carbons (Fsp3) is 0.500. The lowest BCUT2D eigenvalue weighted by Crippen LogP contribution is -2.36. The summed E-state index contributed by atoms with van der Waals surface area (Å²) < 4.78 is 1.65. The number of imidazole rings is 1. The second-order valence-electron chi connectivity index (χ2n) is 5.34. The maximum Gasteiger partial charge on any atom is 0.333 e. The van der Waals surface area contributed by atoms with E-state index in [1.807, 2.05) is 24.3 Å². The molecule has 1 unspecified atom stereocenters. The van der Waals surface area contributed by atoms with E-state index in [1.165, 1.54) is 19.3 Å². The average Bonchev–Trinajstić information content (AvgIpc) is 2.91. The van der Waals surface area contributed by atoms with E-state index in [0.29, 0.717) is 5.92 Å². The van der Waals surface area contributed by atoms with Gasteiger partial charge in [0.15, 0.2) is 0 Å². The van der Waals surface area contributed by atoms with Crippen molar-refractivity contribution in [2.45, 2.75) is 39.5 Å². The lowest BCUT2D eigenvalue weighted by atomic mass is 9.99. The summed E-state index contributed by atoms with van der Waals surface area (Å²) in [4.78, 5) is 16.2. The van der Waals surface area contributed by atoms with Crippen molar-refractivity contribution in [3.05, 3.63) is 30.6 Å². The van der Waals surface area contributed by atoms with E-state index in [9.17, 15) is 4.79 Å². The van der Waals surface area contributed by atoms with Gasteiger partial charge >= 0.3 is 6.03 Å². The number of aromatic nitrogens is 2. The van der Waals surface area contributed by atoms with Crippen LogP contribution in [-0.4, -0.2) is 22.2 Å². The molecule has 2 rings (SSSR count). The number of para-hydroxylation sites is 2. The van der Waals surface area contributed by atoms with E-state index >= 15 is 0 Å². The fourth-order valence-electron chi connectivity index (χ4n) is 2.38. The van der Waals surface area contributed by atoms with Crippen LogP contribution < -0.4 is 10.7 Å². The number of carbonyl (C=O) groups excluding carboxylic acids is 1. The zero-order chi connectivity index (χ0) is 15.1. The van der Waals surface area contributed by atoms with Crippen LogP contribution in [-0.2, 0) is 0 Å². The molecule has 114 valence electrons. The zero-order valence-electron chi connectivity index (χ0n) is 12.8. The van der Waals surface area contributed by atoms with Crippen molar-refractivity contribution >= 4 is 17.1 Å². The van der Waals surface area contributed by atoms with Gasteiger partial charge in [-0.3, -0.25) is 0 Å². The Kier molecular flexibility index (Phi) is 5.60. The smallest absolute Gasteiger partial charge is 0.333 e. The molecule has 21 heavy (non-hydrogen) atoms. The van der Waals surface area contributed by atoms with E-state index in [-0.39, 0.29) is 6.03 Å². The van der Waals surface area contributed by atoms with Gasteiger partial charge in [0, 0.05) is 6.54 Å². The SMILES string of the molecule is CCCCC(CC)CNC(=O)Nn1cnc2ccccc21. The van der Waals surface area contributed by atoms with Crippen LogP contribution in [0.3, 0.4) is 0 Å². The first kappa shape index (κ1) is 15.4. The minimum Gasteiger partial charge on any atom is -0.336 e. The quantitative estimate of drug-likeness (QED) is 0.819. The molecule has 0 aliphatic heterocycles. The van der Waals surface area contributed by atoms with Gasteiger partial charge in [-0.05, 0) is 24.5 Å². The molecule has 2 amide bonds. The van der Waals surface area contributed by atoms with Crippen molar-refractivity contribution < 1.29 is 4.79 Å². The first-order valence-corrected chi connectivity index (χ1v) is 7.71. The van der Waals surface area contributed by atoms with Crippen molar-refractivity contribution in [1.82, 2.24) is 15.0 Å². The molecule has 5 nitrogen and oxygen atoms in total. The number of rotatable bonds is 7. The van der Waals surface area contributed by atoms with Crippen molar-refractivity contribution in [1.29, 1.82) is 0 Å². The van der Waals surface area contributed by atoms with Gasteiger partial charge in [-0.1, -0.05) is 45.2 Å². The highest BCUT2D eigenvalue weighted by molar-refractivity contribution is 5.84. The number of nitrogens with one attached hydrogen (secondary N) is 2. The average molecular weight is 288 g/mol. The summed E-state index contributed by atoms with van der Waals surface area (Å²) in [5.41, 5.74) is 4.57. The molecule has 2 aromatic rings. The molecule has 0 saturated carbocycles.